The molecule has 198 valence electrons. The summed E-state index contributed by atoms with van der Waals surface area (Å²) in [4.78, 5) is 35.0. The van der Waals surface area contributed by atoms with Gasteiger partial charge in [0.15, 0.2) is 6.61 Å². The Morgan fingerprint density at radius 2 is 1.85 bits per heavy atom. The summed E-state index contributed by atoms with van der Waals surface area (Å²) in [5.74, 6) is 0.212. The van der Waals surface area contributed by atoms with Gasteiger partial charge in [-0.1, -0.05) is 54.1 Å². The van der Waals surface area contributed by atoms with Gasteiger partial charge in [-0.25, -0.2) is 0 Å². The van der Waals surface area contributed by atoms with Crippen molar-refractivity contribution in [1.29, 1.82) is 0 Å². The summed E-state index contributed by atoms with van der Waals surface area (Å²) >= 11 is 6.38. The quantitative estimate of drug-likeness (QED) is 0.244. The number of hydrogen-bond acceptors (Lipinski definition) is 4. The molecule has 7 nitrogen and oxygen atoms in total. The second-order valence-corrected chi connectivity index (χ2v) is 9.87. The molecule has 0 spiro atoms. The number of rotatable bonds is 10. The lowest BCUT2D eigenvalue weighted by Crippen LogP contribution is -2.47. The van der Waals surface area contributed by atoms with E-state index in [1.807, 2.05) is 72.9 Å². The highest BCUT2D eigenvalue weighted by atomic mass is 35.5. The van der Waals surface area contributed by atoms with Crippen molar-refractivity contribution in [2.45, 2.75) is 25.9 Å². The van der Waals surface area contributed by atoms with Crippen LogP contribution in [-0.2, 0) is 22.6 Å². The SMILES string of the molecule is CC(=O)N(Cc1ccccc1Cl)CC(Cc1c[nH]c2ccccc12)NC(=O)COc1ccc2ncccc2c1. The van der Waals surface area contributed by atoms with Crippen molar-refractivity contribution >= 4 is 45.2 Å². The van der Waals surface area contributed by atoms with Crippen LogP contribution in [0.25, 0.3) is 21.8 Å². The highest BCUT2D eigenvalue weighted by Gasteiger charge is 2.21. The van der Waals surface area contributed by atoms with Gasteiger partial charge in [0.25, 0.3) is 5.91 Å². The molecule has 0 bridgehead atoms. The lowest BCUT2D eigenvalue weighted by molar-refractivity contribution is -0.131. The summed E-state index contributed by atoms with van der Waals surface area (Å²) in [5, 5.41) is 5.71. The molecule has 39 heavy (non-hydrogen) atoms. The first-order valence-corrected chi connectivity index (χ1v) is 13.1. The summed E-state index contributed by atoms with van der Waals surface area (Å²) in [5.41, 5.74) is 3.78. The Hall–Kier alpha value is -4.36. The van der Waals surface area contributed by atoms with Crippen molar-refractivity contribution in [2.24, 2.45) is 0 Å². The molecule has 2 heterocycles. The number of pyridine rings is 1. The smallest absolute Gasteiger partial charge is 0.258 e. The van der Waals surface area contributed by atoms with E-state index in [0.717, 1.165) is 32.9 Å². The Labute approximate surface area is 231 Å². The molecule has 0 aliphatic rings. The van der Waals surface area contributed by atoms with Gasteiger partial charge >= 0.3 is 0 Å². The maximum atomic E-state index is 13.1. The maximum absolute atomic E-state index is 13.1. The minimum absolute atomic E-state index is 0.103. The molecule has 1 unspecified atom stereocenters. The molecule has 0 saturated carbocycles. The number of carbonyl (C=O) groups is 2. The Morgan fingerprint density at radius 3 is 2.69 bits per heavy atom. The zero-order valence-electron chi connectivity index (χ0n) is 21.6. The summed E-state index contributed by atoms with van der Waals surface area (Å²) in [6.45, 7) is 2.03. The number of H-pyrrole nitrogens is 1. The molecular formula is C31H29ClN4O3. The lowest BCUT2D eigenvalue weighted by Gasteiger charge is -2.28. The summed E-state index contributed by atoms with van der Waals surface area (Å²) in [6, 6.07) is 24.5. The molecule has 5 aromatic rings. The number of para-hydroxylation sites is 1. The predicted molar refractivity (Wildman–Crippen MR) is 154 cm³/mol. The minimum Gasteiger partial charge on any atom is -0.484 e. The number of aromatic nitrogens is 2. The average Bonchev–Trinajstić information content (AvgIpc) is 3.35. The van der Waals surface area contributed by atoms with E-state index in [-0.39, 0.29) is 24.5 Å². The average molecular weight is 541 g/mol. The van der Waals surface area contributed by atoms with E-state index in [1.54, 1.807) is 23.2 Å². The van der Waals surface area contributed by atoms with E-state index in [0.29, 0.717) is 30.3 Å². The molecule has 2 amide bonds. The second-order valence-electron chi connectivity index (χ2n) is 9.47. The van der Waals surface area contributed by atoms with Crippen LogP contribution in [0.15, 0.2) is 91.3 Å². The van der Waals surface area contributed by atoms with Crippen LogP contribution < -0.4 is 10.1 Å². The van der Waals surface area contributed by atoms with E-state index in [1.165, 1.54) is 6.92 Å². The molecule has 0 radical (unpaired) electrons. The topological polar surface area (TPSA) is 87.3 Å². The van der Waals surface area contributed by atoms with Crippen molar-refractivity contribution in [3.8, 4) is 5.75 Å². The monoisotopic (exact) mass is 540 g/mol. The van der Waals surface area contributed by atoms with Gasteiger partial charge in [0, 0.05) is 53.7 Å². The third-order valence-electron chi connectivity index (χ3n) is 6.66. The van der Waals surface area contributed by atoms with Crippen molar-refractivity contribution < 1.29 is 14.3 Å². The number of halogens is 1. The van der Waals surface area contributed by atoms with Gasteiger partial charge in [-0.05, 0) is 53.9 Å². The first kappa shape index (κ1) is 26.3. The van der Waals surface area contributed by atoms with Gasteiger partial charge in [0.1, 0.15) is 5.75 Å². The van der Waals surface area contributed by atoms with Crippen molar-refractivity contribution in [3.63, 3.8) is 0 Å². The number of fused-ring (bicyclic) bond motifs is 2. The summed E-state index contributed by atoms with van der Waals surface area (Å²) in [7, 11) is 0. The maximum Gasteiger partial charge on any atom is 0.258 e. The Kier molecular flexibility index (Phi) is 8.08. The number of aromatic amines is 1. The minimum atomic E-state index is -0.354. The van der Waals surface area contributed by atoms with Gasteiger partial charge in [0.2, 0.25) is 5.91 Å². The van der Waals surface area contributed by atoms with Crippen molar-refractivity contribution in [3.05, 3.63) is 107 Å². The molecule has 5 rings (SSSR count). The van der Waals surface area contributed by atoms with Gasteiger partial charge in [-0.3, -0.25) is 14.6 Å². The first-order chi connectivity index (χ1) is 19.0. The molecule has 2 aromatic heterocycles. The number of nitrogens with one attached hydrogen (secondary N) is 2. The normalized spacial score (nSPS) is 11.8. The predicted octanol–water partition coefficient (Wildman–Crippen LogP) is 5.52. The number of carbonyl (C=O) groups excluding carboxylic acids is 2. The molecule has 0 aliphatic carbocycles. The lowest BCUT2D eigenvalue weighted by atomic mass is 10.0. The number of ether oxygens (including phenoxy) is 1. The Balaban J connectivity index is 1.32. The third kappa shape index (κ3) is 6.56. The highest BCUT2D eigenvalue weighted by Crippen LogP contribution is 2.22. The van der Waals surface area contributed by atoms with Crippen molar-refractivity contribution in [1.82, 2.24) is 20.2 Å². The Morgan fingerprint density at radius 1 is 1.03 bits per heavy atom. The zero-order valence-corrected chi connectivity index (χ0v) is 22.3. The van der Waals surface area contributed by atoms with Crippen LogP contribution in [0.3, 0.4) is 0 Å². The largest absolute Gasteiger partial charge is 0.484 e. The van der Waals surface area contributed by atoms with Gasteiger partial charge < -0.3 is 19.9 Å². The molecule has 3 aromatic carbocycles. The molecule has 2 N–H and O–H groups in total. The van der Waals surface area contributed by atoms with Gasteiger partial charge in [0.05, 0.1) is 11.6 Å². The fourth-order valence-corrected chi connectivity index (χ4v) is 4.89. The van der Waals surface area contributed by atoms with E-state index < -0.39 is 0 Å². The van der Waals surface area contributed by atoms with E-state index in [4.69, 9.17) is 16.3 Å². The van der Waals surface area contributed by atoms with Gasteiger partial charge in [-0.2, -0.15) is 0 Å². The fourth-order valence-electron chi connectivity index (χ4n) is 4.69. The number of hydrogen-bond donors (Lipinski definition) is 2. The van der Waals surface area contributed by atoms with Crippen LogP contribution in [-0.4, -0.2) is 45.9 Å². The van der Waals surface area contributed by atoms with E-state index >= 15 is 0 Å². The molecule has 0 aliphatic heterocycles. The molecule has 1 atom stereocenters. The zero-order chi connectivity index (χ0) is 27.2. The first-order valence-electron chi connectivity index (χ1n) is 12.8. The molecule has 0 saturated heterocycles. The molecular weight excluding hydrogens is 512 g/mol. The fraction of sp³-hybridized carbons (Fsp3) is 0.194. The summed E-state index contributed by atoms with van der Waals surface area (Å²) in [6.07, 6.45) is 4.22. The second kappa shape index (κ2) is 12.0. The standard InChI is InChI=1S/C31H29ClN4O3/c1-21(37)36(18-23-7-2-4-10-28(23)32)19-25(15-24-17-34-30-11-5-3-9-27(24)30)35-31(38)20-39-26-12-13-29-22(16-26)8-6-14-33-29/h2-14,16-17,25,34H,15,18-20H2,1H3,(H,35,38). The van der Waals surface area contributed by atoms with Crippen LogP contribution in [0.1, 0.15) is 18.1 Å². The number of nitrogens with zero attached hydrogens (tertiary/aromatic N) is 2. The van der Waals surface area contributed by atoms with Crippen LogP contribution in [0.2, 0.25) is 5.02 Å². The molecule has 0 fully saturated rings. The number of amides is 2. The van der Waals surface area contributed by atoms with Crippen molar-refractivity contribution in [2.75, 3.05) is 13.2 Å². The molecule has 8 heteroatoms. The number of benzene rings is 3. The van der Waals surface area contributed by atoms with Crippen LogP contribution in [0.4, 0.5) is 0 Å². The van der Waals surface area contributed by atoms with Gasteiger partial charge in [-0.15, -0.1) is 0 Å². The van der Waals surface area contributed by atoms with Crippen LogP contribution in [0, 0.1) is 0 Å². The third-order valence-corrected chi connectivity index (χ3v) is 7.02. The van der Waals surface area contributed by atoms with E-state index in [2.05, 4.69) is 15.3 Å². The van der Waals surface area contributed by atoms with Crippen LogP contribution in [0.5, 0.6) is 5.75 Å². The summed E-state index contributed by atoms with van der Waals surface area (Å²) < 4.78 is 5.80. The highest BCUT2D eigenvalue weighted by molar-refractivity contribution is 6.31. The van der Waals surface area contributed by atoms with E-state index in [9.17, 15) is 9.59 Å². The van der Waals surface area contributed by atoms with Crippen LogP contribution >= 0.6 is 11.6 Å². The Bertz CT molecular complexity index is 1620.